The smallest absolute Gasteiger partial charge is 0.339 e. The highest BCUT2D eigenvalue weighted by Crippen LogP contribution is 2.50. The number of hydrogen-bond acceptors (Lipinski definition) is 17. The number of phenols is 1. The normalized spacial score (nSPS) is 12.7. The third-order valence-corrected chi connectivity index (χ3v) is 11.7. The summed E-state index contributed by atoms with van der Waals surface area (Å²) in [6.45, 7) is 3.23. The van der Waals surface area contributed by atoms with Gasteiger partial charge in [-0.25, -0.2) is 5.26 Å². The van der Waals surface area contributed by atoms with Gasteiger partial charge in [0.1, 0.15) is 21.2 Å². The largest absolute Gasteiger partial charge is 0.505 e. The molecule has 6 aromatic carbocycles. The molecule has 0 unspecified atom stereocenters. The van der Waals surface area contributed by atoms with E-state index in [-0.39, 0.29) is 59.6 Å². The summed E-state index contributed by atoms with van der Waals surface area (Å²) in [5.41, 5.74) is 6.75. The number of hydrogen-bond donors (Lipinski definition) is 5. The summed E-state index contributed by atoms with van der Waals surface area (Å²) in [6.07, 6.45) is 0. The lowest BCUT2D eigenvalue weighted by atomic mass is 10.0. The van der Waals surface area contributed by atoms with Crippen LogP contribution >= 0.6 is 12.0 Å². The first-order valence-electron chi connectivity index (χ1n) is 15.6. The zero-order valence-corrected chi connectivity index (χ0v) is 31.9. The van der Waals surface area contributed by atoms with Crippen LogP contribution in [-0.2, 0) is 39.7 Å². The second-order valence-corrected chi connectivity index (χ2v) is 16.9. The van der Waals surface area contributed by atoms with Crippen molar-refractivity contribution in [1.82, 2.24) is 0 Å². The average molecular weight is 842 g/mol. The van der Waals surface area contributed by atoms with Crippen LogP contribution in [0.3, 0.4) is 0 Å². The third kappa shape index (κ3) is 8.32. The zero-order valence-electron chi connectivity index (χ0n) is 28.6. The zero-order chi connectivity index (χ0) is 40.6. The number of aryl methyl sites for hydroxylation is 2. The second-order valence-electron chi connectivity index (χ2n) is 11.8. The van der Waals surface area contributed by atoms with E-state index in [0.717, 1.165) is 29.8 Å². The molecule has 18 nitrogen and oxygen atoms in total. The van der Waals surface area contributed by atoms with E-state index in [0.29, 0.717) is 17.7 Å². The summed E-state index contributed by atoms with van der Waals surface area (Å²) in [6, 6.07) is 20.6. The lowest BCUT2D eigenvalue weighted by Gasteiger charge is -2.15. The first-order chi connectivity index (χ1) is 26.4. The molecule has 0 aromatic heterocycles. The molecule has 0 saturated heterocycles. The number of nitrogens with two attached hydrogens (primary N) is 1. The van der Waals surface area contributed by atoms with Crippen molar-refractivity contribution in [3.8, 4) is 11.5 Å². The van der Waals surface area contributed by atoms with E-state index >= 15 is 0 Å². The van der Waals surface area contributed by atoms with Gasteiger partial charge >= 0.3 is 10.1 Å². The summed E-state index contributed by atoms with van der Waals surface area (Å²) in [5.74, 6) is -1.17. The van der Waals surface area contributed by atoms with Gasteiger partial charge in [-0.05, 0) is 79.4 Å². The molecule has 0 bridgehead atoms. The van der Waals surface area contributed by atoms with E-state index in [9.17, 15) is 39.5 Å². The Kier molecular flexibility index (Phi) is 11.1. The molecule has 0 fully saturated rings. The van der Waals surface area contributed by atoms with Crippen molar-refractivity contribution in [1.29, 1.82) is 0 Å². The molecular formula is C34H27N5O13S4. The van der Waals surface area contributed by atoms with Crippen molar-refractivity contribution in [3.63, 3.8) is 0 Å². The van der Waals surface area contributed by atoms with Crippen molar-refractivity contribution < 1.29 is 58.3 Å². The fourth-order valence-corrected chi connectivity index (χ4v) is 8.08. The standard InChI is InChI=1S/C34H27N5O13S4/c1-18-8-10-21(11-9-18)56(48,49)50-28-15-22(54(42,43)44)14-24-19(2)26(13-12-23(24)28)37-38-27-17-30(55(45,46)47)25-16-29(53-52-51-41)33(34(40)31(25)32(27)35)39-36-20-6-4-3-5-7-20/h3-17,40-41H,35H2,1-2H3,(H,42,43,44)(H,45,46,47). The molecule has 0 saturated carbocycles. The van der Waals surface area contributed by atoms with Crippen molar-refractivity contribution in [2.24, 2.45) is 20.5 Å². The van der Waals surface area contributed by atoms with Crippen molar-refractivity contribution in [3.05, 3.63) is 102 Å². The number of nitrogens with zero attached hydrogens (tertiary/aromatic N) is 4. The summed E-state index contributed by atoms with van der Waals surface area (Å²) in [7, 11) is -14.5. The second kappa shape index (κ2) is 15.5. The quantitative estimate of drug-likeness (QED) is 0.0147. The van der Waals surface area contributed by atoms with Gasteiger partial charge in [0.05, 0.1) is 44.3 Å². The molecule has 0 aliphatic carbocycles. The van der Waals surface area contributed by atoms with E-state index in [2.05, 4.69) is 29.8 Å². The number of nitrogen functional groups attached to an aromatic ring is 1. The maximum Gasteiger partial charge on any atom is 0.339 e. The Morgan fingerprint density at radius 2 is 1.38 bits per heavy atom. The van der Waals surface area contributed by atoms with E-state index < -0.39 is 51.6 Å². The molecule has 0 radical (unpaired) electrons. The summed E-state index contributed by atoms with van der Waals surface area (Å²) in [5, 5.41) is 39.7. The Balaban J connectivity index is 1.51. The maximum absolute atomic E-state index is 13.2. The Hall–Kier alpha value is -5.56. The van der Waals surface area contributed by atoms with Gasteiger partial charge in [0.15, 0.2) is 11.5 Å². The van der Waals surface area contributed by atoms with Gasteiger partial charge in [-0.15, -0.1) is 14.6 Å². The first-order valence-corrected chi connectivity index (χ1v) is 20.6. The molecule has 56 heavy (non-hydrogen) atoms. The van der Waals surface area contributed by atoms with E-state index in [1.54, 1.807) is 49.4 Å². The summed E-state index contributed by atoms with van der Waals surface area (Å²) >= 11 is 0.315. The van der Waals surface area contributed by atoms with Crippen LogP contribution in [0.15, 0.2) is 131 Å². The first kappa shape index (κ1) is 40.1. The molecule has 290 valence electrons. The number of phenolic OH excluding ortho intramolecular Hbond substituents is 1. The summed E-state index contributed by atoms with van der Waals surface area (Å²) in [4.78, 5) is -1.83. The van der Waals surface area contributed by atoms with Crippen molar-refractivity contribution in [2.75, 3.05) is 5.73 Å². The number of aromatic hydroxyl groups is 1. The van der Waals surface area contributed by atoms with Gasteiger partial charge in [0.25, 0.3) is 20.2 Å². The minimum Gasteiger partial charge on any atom is -0.505 e. The molecule has 0 heterocycles. The Labute approximate surface area is 322 Å². The fraction of sp³-hybridized carbons (Fsp3) is 0.0588. The van der Waals surface area contributed by atoms with Crippen molar-refractivity contribution in [2.45, 2.75) is 33.4 Å². The molecule has 6 aromatic rings. The van der Waals surface area contributed by atoms with Gasteiger partial charge < -0.3 is 15.0 Å². The lowest BCUT2D eigenvalue weighted by Crippen LogP contribution is -2.11. The molecule has 0 aliphatic rings. The number of rotatable bonds is 12. The highest BCUT2D eigenvalue weighted by atomic mass is 32.2. The van der Waals surface area contributed by atoms with E-state index in [4.69, 9.17) is 15.2 Å². The predicted molar refractivity (Wildman–Crippen MR) is 203 cm³/mol. The average Bonchev–Trinajstić information content (AvgIpc) is 3.13. The Bertz CT molecular complexity index is 2930. The monoisotopic (exact) mass is 841 g/mol. The van der Waals surface area contributed by atoms with Crippen molar-refractivity contribution >= 4 is 92.4 Å². The molecule has 22 heteroatoms. The topological polar surface area (TPSA) is 286 Å². The Morgan fingerprint density at radius 3 is 2.02 bits per heavy atom. The number of anilines is 1. The predicted octanol–water partition coefficient (Wildman–Crippen LogP) is 8.42. The minimum atomic E-state index is -5.07. The van der Waals surface area contributed by atoms with Crippen LogP contribution in [0.25, 0.3) is 21.5 Å². The summed E-state index contributed by atoms with van der Waals surface area (Å²) < 4.78 is 106. The van der Waals surface area contributed by atoms with Crippen LogP contribution in [-0.4, -0.2) is 44.7 Å². The molecule has 0 aliphatic heterocycles. The lowest BCUT2D eigenvalue weighted by molar-refractivity contribution is -0.432. The van der Waals surface area contributed by atoms with Gasteiger partial charge in [0.2, 0.25) is 0 Å². The highest BCUT2D eigenvalue weighted by molar-refractivity contribution is 7.94. The minimum absolute atomic E-state index is 0.0275. The SMILES string of the molecule is Cc1ccc(S(=O)(=O)Oc2cc(S(=O)(=O)O)cc3c(C)c(N=Nc4cc(S(=O)(=O)O)c5cc(SOOO)c(N=Nc6ccccc6)c(O)c5c4N)ccc23)cc1. The number of benzene rings is 6. The molecule has 0 amide bonds. The molecule has 0 spiro atoms. The molecular weight excluding hydrogens is 815 g/mol. The van der Waals surface area contributed by atoms with Crippen LogP contribution in [0.1, 0.15) is 11.1 Å². The van der Waals surface area contributed by atoms with E-state index in [1.807, 2.05) is 0 Å². The van der Waals surface area contributed by atoms with Gasteiger partial charge in [-0.3, -0.25) is 9.11 Å². The number of azo groups is 2. The van der Waals surface area contributed by atoms with Gasteiger partial charge in [0, 0.05) is 16.8 Å². The van der Waals surface area contributed by atoms with Gasteiger partial charge in [-0.2, -0.15) is 35.5 Å². The van der Waals surface area contributed by atoms with Crippen LogP contribution in [0.5, 0.6) is 11.5 Å². The molecule has 0 atom stereocenters. The molecule has 6 rings (SSSR count). The van der Waals surface area contributed by atoms with E-state index in [1.165, 1.54) is 31.2 Å². The third-order valence-electron chi connectivity index (χ3n) is 8.16. The van der Waals surface area contributed by atoms with Crippen LogP contribution in [0, 0.1) is 13.8 Å². The molecule has 6 N–H and O–H groups in total. The highest BCUT2D eigenvalue weighted by Gasteiger charge is 2.26. The van der Waals surface area contributed by atoms with Crippen LogP contribution < -0.4 is 9.92 Å². The fourth-order valence-electron chi connectivity index (χ4n) is 5.43. The van der Waals surface area contributed by atoms with Gasteiger partial charge in [-0.1, -0.05) is 40.9 Å². The Morgan fingerprint density at radius 1 is 0.696 bits per heavy atom. The maximum atomic E-state index is 13.2. The van der Waals surface area contributed by atoms with Crippen LogP contribution in [0.4, 0.5) is 28.4 Å². The van der Waals surface area contributed by atoms with Crippen LogP contribution in [0.2, 0.25) is 0 Å². The number of fused-ring (bicyclic) bond motifs is 2.